The number of anilines is 3. The molecule has 1 saturated heterocycles. The molecule has 1 aliphatic rings. The number of alkyl halides is 3. The number of H-pyrrole nitrogens is 1. The van der Waals surface area contributed by atoms with E-state index < -0.39 is 11.7 Å². The predicted octanol–water partition coefficient (Wildman–Crippen LogP) is 4.53. The van der Waals surface area contributed by atoms with Gasteiger partial charge in [-0.15, -0.1) is 0 Å². The van der Waals surface area contributed by atoms with E-state index in [9.17, 15) is 13.2 Å². The summed E-state index contributed by atoms with van der Waals surface area (Å²) in [6.45, 7) is 3.12. The maximum Gasteiger partial charge on any atom is 0.417 e. The lowest BCUT2D eigenvalue weighted by Gasteiger charge is -2.33. The third-order valence-electron chi connectivity index (χ3n) is 5.73. The Kier molecular flexibility index (Phi) is 5.37. The number of hydrogen-bond donors (Lipinski definition) is 2. The quantitative estimate of drug-likeness (QED) is 0.473. The Morgan fingerprint density at radius 2 is 1.67 bits per heavy atom. The highest BCUT2D eigenvalue weighted by Crippen LogP contribution is 2.37. The Morgan fingerprint density at radius 3 is 2.45 bits per heavy atom. The Balaban J connectivity index is 1.60. The van der Waals surface area contributed by atoms with Gasteiger partial charge in [0.05, 0.1) is 11.1 Å². The van der Waals surface area contributed by atoms with Gasteiger partial charge in [-0.25, -0.2) is 9.97 Å². The van der Waals surface area contributed by atoms with E-state index in [2.05, 4.69) is 35.3 Å². The van der Waals surface area contributed by atoms with Gasteiger partial charge in [0.2, 0.25) is 0 Å². The van der Waals surface area contributed by atoms with Crippen molar-refractivity contribution in [3.05, 3.63) is 60.2 Å². The van der Waals surface area contributed by atoms with Gasteiger partial charge in [0, 0.05) is 43.2 Å². The fraction of sp³-hybridized carbons (Fsp3) is 0.261. The first-order valence-electron chi connectivity index (χ1n) is 10.6. The second-order valence-corrected chi connectivity index (χ2v) is 8.01. The molecule has 3 heterocycles. The van der Waals surface area contributed by atoms with Crippen molar-refractivity contribution in [1.29, 1.82) is 0 Å². The topological polar surface area (TPSA) is 73.0 Å². The van der Waals surface area contributed by atoms with Gasteiger partial charge in [0.25, 0.3) is 0 Å². The number of nitrogens with one attached hydrogen (secondary N) is 2. The monoisotopic (exact) mass is 453 g/mol. The number of hydrogen-bond acceptors (Lipinski definition) is 6. The van der Waals surface area contributed by atoms with Crippen molar-refractivity contribution in [2.45, 2.75) is 6.18 Å². The second-order valence-electron chi connectivity index (χ2n) is 8.01. The van der Waals surface area contributed by atoms with Crippen LogP contribution in [0, 0.1) is 0 Å². The largest absolute Gasteiger partial charge is 0.417 e. The van der Waals surface area contributed by atoms with Crippen molar-refractivity contribution in [3.63, 3.8) is 0 Å². The number of rotatable bonds is 4. The van der Waals surface area contributed by atoms with Gasteiger partial charge >= 0.3 is 6.18 Å². The maximum atomic E-state index is 13.7. The maximum absolute atomic E-state index is 13.7. The number of fused-ring (bicyclic) bond motifs is 1. The van der Waals surface area contributed by atoms with Gasteiger partial charge in [0.1, 0.15) is 11.6 Å². The standard InChI is InChI=1S/C23H22F3N7/c1-32-10-12-33(13-11-32)20-14-19(28-22-16-7-3-5-9-18(16)30-31-22)27-21(29-20)15-6-2-4-8-17(15)23(24,25)26/h2-9,14H,10-13H2,1H3,(H2,27,28,29,30,31). The highest BCUT2D eigenvalue weighted by atomic mass is 19.4. The molecule has 0 unspecified atom stereocenters. The minimum Gasteiger partial charge on any atom is -0.354 e. The first-order valence-corrected chi connectivity index (χ1v) is 10.6. The SMILES string of the molecule is CN1CCN(c2cc(Nc3n[nH]c4ccccc34)nc(-c3ccccc3C(F)(F)F)n2)CC1. The Bertz CT molecular complexity index is 1280. The molecule has 2 N–H and O–H groups in total. The zero-order valence-corrected chi connectivity index (χ0v) is 17.9. The van der Waals surface area contributed by atoms with Crippen LogP contribution in [0.25, 0.3) is 22.3 Å². The summed E-state index contributed by atoms with van der Waals surface area (Å²) in [5.74, 6) is 1.51. The molecule has 0 radical (unpaired) electrons. The molecule has 5 rings (SSSR count). The number of aromatic nitrogens is 4. The van der Waals surface area contributed by atoms with Crippen LogP contribution in [0.2, 0.25) is 0 Å². The van der Waals surface area contributed by atoms with Crippen LogP contribution in [0.1, 0.15) is 5.56 Å². The lowest BCUT2D eigenvalue weighted by molar-refractivity contribution is -0.137. The minimum atomic E-state index is -4.52. The van der Waals surface area contributed by atoms with E-state index in [-0.39, 0.29) is 11.4 Å². The van der Waals surface area contributed by atoms with E-state index in [4.69, 9.17) is 0 Å². The molecule has 0 atom stereocenters. The summed E-state index contributed by atoms with van der Waals surface area (Å²) in [7, 11) is 2.04. The molecule has 1 fully saturated rings. The molecule has 4 aromatic rings. The first-order chi connectivity index (χ1) is 15.9. The summed E-state index contributed by atoms with van der Waals surface area (Å²) in [6, 6.07) is 14.7. The van der Waals surface area contributed by atoms with Crippen LogP contribution in [-0.2, 0) is 6.18 Å². The zero-order chi connectivity index (χ0) is 23.0. The molecule has 0 spiro atoms. The van der Waals surface area contributed by atoms with Crippen molar-refractivity contribution in [2.24, 2.45) is 0 Å². The molecule has 0 amide bonds. The Labute approximate surface area is 188 Å². The van der Waals surface area contributed by atoms with E-state index in [1.54, 1.807) is 12.1 Å². The lowest BCUT2D eigenvalue weighted by atomic mass is 10.1. The van der Waals surface area contributed by atoms with E-state index >= 15 is 0 Å². The molecule has 33 heavy (non-hydrogen) atoms. The third-order valence-corrected chi connectivity index (χ3v) is 5.73. The van der Waals surface area contributed by atoms with Gasteiger partial charge in [0.15, 0.2) is 11.6 Å². The van der Waals surface area contributed by atoms with Crippen molar-refractivity contribution < 1.29 is 13.2 Å². The fourth-order valence-corrected chi connectivity index (χ4v) is 3.92. The molecule has 0 saturated carbocycles. The van der Waals surface area contributed by atoms with Crippen LogP contribution >= 0.6 is 0 Å². The average Bonchev–Trinajstić information content (AvgIpc) is 3.21. The van der Waals surface area contributed by atoms with Crippen molar-refractivity contribution in [3.8, 4) is 11.4 Å². The smallest absolute Gasteiger partial charge is 0.354 e. The summed E-state index contributed by atoms with van der Waals surface area (Å²) in [5, 5.41) is 11.3. The first kappa shape index (κ1) is 21.2. The summed E-state index contributed by atoms with van der Waals surface area (Å²) < 4.78 is 41.1. The molecular weight excluding hydrogens is 431 g/mol. The molecule has 1 aliphatic heterocycles. The molecule has 0 aliphatic carbocycles. The van der Waals surface area contributed by atoms with Crippen LogP contribution < -0.4 is 10.2 Å². The molecular formula is C23H22F3N7. The zero-order valence-electron chi connectivity index (χ0n) is 17.9. The van der Waals surface area contributed by atoms with Crippen LogP contribution in [-0.4, -0.2) is 58.3 Å². The Hall–Kier alpha value is -3.66. The van der Waals surface area contributed by atoms with Gasteiger partial charge < -0.3 is 15.1 Å². The number of nitrogens with zero attached hydrogens (tertiary/aromatic N) is 5. The third kappa shape index (κ3) is 4.34. The summed E-state index contributed by atoms with van der Waals surface area (Å²) in [4.78, 5) is 13.3. The fourth-order valence-electron chi connectivity index (χ4n) is 3.92. The molecule has 0 bridgehead atoms. The number of aromatic amines is 1. The summed E-state index contributed by atoms with van der Waals surface area (Å²) in [5.41, 5.74) is 0.0172. The van der Waals surface area contributed by atoms with Gasteiger partial charge in [-0.2, -0.15) is 18.3 Å². The van der Waals surface area contributed by atoms with Crippen LogP contribution in [0.15, 0.2) is 54.6 Å². The lowest BCUT2D eigenvalue weighted by Crippen LogP contribution is -2.44. The van der Waals surface area contributed by atoms with Gasteiger partial charge in [-0.3, -0.25) is 5.10 Å². The molecule has 170 valence electrons. The predicted molar refractivity (Wildman–Crippen MR) is 122 cm³/mol. The van der Waals surface area contributed by atoms with Crippen molar-refractivity contribution in [2.75, 3.05) is 43.4 Å². The van der Waals surface area contributed by atoms with E-state index in [1.165, 1.54) is 12.1 Å². The average molecular weight is 453 g/mol. The highest BCUT2D eigenvalue weighted by molar-refractivity contribution is 5.91. The summed E-state index contributed by atoms with van der Waals surface area (Å²) >= 11 is 0. The Morgan fingerprint density at radius 1 is 0.939 bits per heavy atom. The van der Waals surface area contributed by atoms with Crippen LogP contribution in [0.3, 0.4) is 0 Å². The second kappa shape index (κ2) is 8.36. The highest BCUT2D eigenvalue weighted by Gasteiger charge is 2.34. The van der Waals surface area contributed by atoms with Crippen molar-refractivity contribution in [1.82, 2.24) is 25.1 Å². The molecule has 10 heteroatoms. The van der Waals surface area contributed by atoms with E-state index in [1.807, 2.05) is 31.3 Å². The normalized spacial score (nSPS) is 15.2. The number of benzene rings is 2. The number of para-hydroxylation sites is 1. The van der Waals surface area contributed by atoms with E-state index in [0.717, 1.165) is 43.1 Å². The van der Waals surface area contributed by atoms with Crippen molar-refractivity contribution >= 4 is 28.4 Å². The number of piperazine rings is 1. The van der Waals surface area contributed by atoms with Crippen LogP contribution in [0.5, 0.6) is 0 Å². The molecule has 2 aromatic carbocycles. The van der Waals surface area contributed by atoms with E-state index in [0.29, 0.717) is 17.5 Å². The number of likely N-dealkylation sites (N-methyl/N-ethyl adjacent to an activating group) is 1. The summed E-state index contributed by atoms with van der Waals surface area (Å²) in [6.07, 6.45) is -4.52. The molecule has 7 nitrogen and oxygen atoms in total. The van der Waals surface area contributed by atoms with Crippen LogP contribution in [0.4, 0.5) is 30.6 Å². The van der Waals surface area contributed by atoms with Gasteiger partial charge in [-0.1, -0.05) is 30.3 Å². The van der Waals surface area contributed by atoms with Gasteiger partial charge in [-0.05, 0) is 25.2 Å². The minimum absolute atomic E-state index is 0.0155. The molecule has 2 aromatic heterocycles. The number of halogens is 3.